The molecule has 0 fully saturated rings. The summed E-state index contributed by atoms with van der Waals surface area (Å²) >= 11 is 0.999. The number of aryl methyl sites for hydroxylation is 2. The average molecular weight is 522 g/mol. The maximum absolute atomic E-state index is 13.0. The number of nitriles is 1. The summed E-state index contributed by atoms with van der Waals surface area (Å²) in [5.74, 6) is -4.66. The van der Waals surface area contributed by atoms with Crippen LogP contribution < -0.4 is 10.6 Å². The van der Waals surface area contributed by atoms with Crippen molar-refractivity contribution in [3.8, 4) is 6.07 Å². The summed E-state index contributed by atoms with van der Waals surface area (Å²) in [6.07, 6.45) is 0.746. The minimum absolute atomic E-state index is 0.0742. The zero-order valence-electron chi connectivity index (χ0n) is 20.9. The van der Waals surface area contributed by atoms with Gasteiger partial charge < -0.3 is 20.1 Å². The largest absolute Gasteiger partial charge is 0.468 e. The third kappa shape index (κ3) is 6.01. The molecule has 0 spiro atoms. The lowest BCUT2D eigenvalue weighted by Crippen LogP contribution is -2.44. The van der Waals surface area contributed by atoms with Gasteiger partial charge in [0.1, 0.15) is 5.92 Å². The fourth-order valence-corrected chi connectivity index (χ4v) is 4.99. The molecule has 2 atom stereocenters. The maximum atomic E-state index is 13.0. The van der Waals surface area contributed by atoms with Gasteiger partial charge in [0.2, 0.25) is 11.8 Å². The molecule has 0 aliphatic carbocycles. The number of carbonyl (C=O) groups excluding carboxylic acids is 4. The number of rotatable bonds is 8. The van der Waals surface area contributed by atoms with Crippen LogP contribution in [0, 0.1) is 24.2 Å². The van der Waals surface area contributed by atoms with Gasteiger partial charge in [0.25, 0.3) is 0 Å². The Morgan fingerprint density at radius 3 is 2.41 bits per heavy atom. The molecule has 2 N–H and O–H groups in total. The number of benzene rings is 2. The van der Waals surface area contributed by atoms with Gasteiger partial charge in [-0.2, -0.15) is 5.26 Å². The van der Waals surface area contributed by atoms with Crippen LogP contribution in [0.3, 0.4) is 0 Å². The van der Waals surface area contributed by atoms with E-state index in [0.717, 1.165) is 42.1 Å². The molecule has 0 radical (unpaired) electrons. The Hall–Kier alpha value is -4.10. The Kier molecular flexibility index (Phi) is 9.09. The molecule has 3 rings (SSSR count). The number of nitrogens with one attached hydrogen (secondary N) is 2. The van der Waals surface area contributed by atoms with Gasteiger partial charge in [0.15, 0.2) is 0 Å². The van der Waals surface area contributed by atoms with Crippen LogP contribution in [-0.2, 0) is 30.3 Å². The minimum atomic E-state index is -1.32. The lowest BCUT2D eigenvalue weighted by atomic mass is 9.78. The second kappa shape index (κ2) is 12.2. The van der Waals surface area contributed by atoms with Gasteiger partial charge in [0.05, 0.1) is 42.2 Å². The monoisotopic (exact) mass is 521 g/mol. The SMILES string of the molecule is CCc1cccc(C)c1NC(=O)CSC1=C(C#N)[C@H](c2ccc(C(=O)OC)cc2)[C@@H](C(=O)OC)C(=O)N1. The van der Waals surface area contributed by atoms with E-state index in [4.69, 9.17) is 9.47 Å². The number of methoxy groups -OCH3 is 2. The molecule has 2 aromatic carbocycles. The molecule has 2 aromatic rings. The molecule has 10 heteroatoms. The molecular weight excluding hydrogens is 494 g/mol. The van der Waals surface area contributed by atoms with Crippen LogP contribution in [0.4, 0.5) is 5.69 Å². The topological polar surface area (TPSA) is 135 Å². The number of allylic oxidation sites excluding steroid dienone is 1. The highest BCUT2D eigenvalue weighted by atomic mass is 32.2. The Morgan fingerprint density at radius 1 is 1.11 bits per heavy atom. The van der Waals surface area contributed by atoms with E-state index in [1.807, 2.05) is 32.0 Å². The molecule has 37 heavy (non-hydrogen) atoms. The number of nitrogens with zero attached hydrogens (tertiary/aromatic N) is 1. The number of amides is 2. The second-order valence-corrected chi connectivity index (χ2v) is 9.22. The predicted molar refractivity (Wildman–Crippen MR) is 138 cm³/mol. The van der Waals surface area contributed by atoms with E-state index >= 15 is 0 Å². The van der Waals surface area contributed by atoms with Gasteiger partial charge in [-0.15, -0.1) is 0 Å². The summed E-state index contributed by atoms with van der Waals surface area (Å²) < 4.78 is 9.55. The van der Waals surface area contributed by atoms with Crippen molar-refractivity contribution in [2.75, 3.05) is 25.3 Å². The molecule has 192 valence electrons. The van der Waals surface area contributed by atoms with E-state index in [9.17, 15) is 24.4 Å². The highest BCUT2D eigenvalue weighted by Gasteiger charge is 2.44. The van der Waals surface area contributed by atoms with Crippen LogP contribution in [-0.4, -0.2) is 43.7 Å². The number of para-hydroxylation sites is 1. The van der Waals surface area contributed by atoms with Crippen molar-refractivity contribution in [1.29, 1.82) is 5.26 Å². The average Bonchev–Trinajstić information content (AvgIpc) is 2.91. The highest BCUT2D eigenvalue weighted by Crippen LogP contribution is 2.40. The number of esters is 2. The Morgan fingerprint density at radius 2 is 1.81 bits per heavy atom. The smallest absolute Gasteiger partial charge is 0.337 e. The van der Waals surface area contributed by atoms with Crippen molar-refractivity contribution in [1.82, 2.24) is 5.32 Å². The summed E-state index contributed by atoms with van der Waals surface area (Å²) in [5.41, 5.74) is 3.52. The number of thioether (sulfide) groups is 1. The van der Waals surface area contributed by atoms with Gasteiger partial charge in [-0.05, 0) is 42.2 Å². The van der Waals surface area contributed by atoms with E-state index in [0.29, 0.717) is 5.56 Å². The minimum Gasteiger partial charge on any atom is -0.468 e. The standard InChI is InChI=1S/C27H27N3O6S/c1-5-16-8-6-7-15(2)23(16)29-20(31)14-37-25-19(13-28)21(22(24(32)30-25)27(34)36-4)17-9-11-18(12-10-17)26(33)35-3/h6-12,21-22H,5,14H2,1-4H3,(H,29,31)(H,30,32)/t21-,22+/m0/s1. The lowest BCUT2D eigenvalue weighted by Gasteiger charge is -2.31. The second-order valence-electron chi connectivity index (χ2n) is 8.24. The van der Waals surface area contributed by atoms with Crippen LogP contribution in [0.25, 0.3) is 0 Å². The van der Waals surface area contributed by atoms with E-state index < -0.39 is 29.7 Å². The Bertz CT molecular complexity index is 1300. The molecule has 0 aromatic heterocycles. The van der Waals surface area contributed by atoms with Crippen molar-refractivity contribution in [3.63, 3.8) is 0 Å². The lowest BCUT2D eigenvalue weighted by molar-refractivity contribution is -0.150. The van der Waals surface area contributed by atoms with Crippen LogP contribution in [0.5, 0.6) is 0 Å². The van der Waals surface area contributed by atoms with Crippen LogP contribution in [0.1, 0.15) is 39.9 Å². The Labute approximate surface area is 219 Å². The third-order valence-electron chi connectivity index (χ3n) is 6.03. The molecule has 2 amide bonds. The first-order valence-corrected chi connectivity index (χ1v) is 12.5. The van der Waals surface area contributed by atoms with Crippen molar-refractivity contribution in [3.05, 3.63) is 75.3 Å². The van der Waals surface area contributed by atoms with E-state index in [1.165, 1.54) is 19.2 Å². The molecule has 0 saturated heterocycles. The summed E-state index contributed by atoms with van der Waals surface area (Å²) in [6, 6.07) is 14.0. The van der Waals surface area contributed by atoms with Gasteiger partial charge in [-0.25, -0.2) is 4.79 Å². The van der Waals surface area contributed by atoms with Crippen LogP contribution in [0.15, 0.2) is 53.1 Å². The first-order valence-electron chi connectivity index (χ1n) is 11.5. The molecule has 1 aliphatic heterocycles. The first-order chi connectivity index (χ1) is 17.7. The van der Waals surface area contributed by atoms with E-state index in [1.54, 1.807) is 12.1 Å². The summed E-state index contributed by atoms with van der Waals surface area (Å²) in [4.78, 5) is 50.2. The predicted octanol–water partition coefficient (Wildman–Crippen LogP) is 3.45. The van der Waals surface area contributed by atoms with Crippen LogP contribution >= 0.6 is 11.8 Å². The van der Waals surface area contributed by atoms with Crippen molar-refractivity contribution in [2.45, 2.75) is 26.2 Å². The molecule has 1 heterocycles. The number of hydrogen-bond donors (Lipinski definition) is 2. The summed E-state index contributed by atoms with van der Waals surface area (Å²) in [5, 5.41) is 15.7. The summed E-state index contributed by atoms with van der Waals surface area (Å²) in [7, 11) is 2.42. The van der Waals surface area contributed by atoms with Gasteiger partial charge >= 0.3 is 11.9 Å². The molecule has 0 bridgehead atoms. The zero-order chi connectivity index (χ0) is 27.1. The van der Waals surface area contributed by atoms with Crippen molar-refractivity contribution in [2.24, 2.45) is 5.92 Å². The highest BCUT2D eigenvalue weighted by molar-refractivity contribution is 8.03. The van der Waals surface area contributed by atoms with Crippen molar-refractivity contribution < 1.29 is 28.7 Å². The van der Waals surface area contributed by atoms with Gasteiger partial charge in [-0.1, -0.05) is 49.0 Å². The third-order valence-corrected chi connectivity index (χ3v) is 7.04. The molecule has 0 saturated carbocycles. The first kappa shape index (κ1) is 27.5. The Balaban J connectivity index is 1.92. The number of anilines is 1. The summed E-state index contributed by atoms with van der Waals surface area (Å²) in [6.45, 7) is 3.90. The molecule has 1 aliphatic rings. The molecule has 9 nitrogen and oxygen atoms in total. The van der Waals surface area contributed by atoms with E-state index in [2.05, 4.69) is 16.7 Å². The normalized spacial score (nSPS) is 16.9. The zero-order valence-corrected chi connectivity index (χ0v) is 21.7. The quantitative estimate of drug-likeness (QED) is 0.398. The van der Waals surface area contributed by atoms with Crippen LogP contribution in [0.2, 0.25) is 0 Å². The number of ether oxygens (including phenoxy) is 2. The number of carbonyl (C=O) groups is 4. The van der Waals surface area contributed by atoms with Crippen molar-refractivity contribution >= 4 is 41.2 Å². The van der Waals surface area contributed by atoms with E-state index in [-0.39, 0.29) is 27.8 Å². The molecular formula is C27H27N3O6S. The maximum Gasteiger partial charge on any atom is 0.337 e. The molecule has 0 unspecified atom stereocenters. The number of hydrogen-bond acceptors (Lipinski definition) is 8. The fraction of sp³-hybridized carbons (Fsp3) is 0.296. The van der Waals surface area contributed by atoms with Gasteiger partial charge in [0, 0.05) is 11.6 Å². The fourth-order valence-electron chi connectivity index (χ4n) is 4.14. The van der Waals surface area contributed by atoms with Gasteiger partial charge in [-0.3, -0.25) is 14.4 Å².